The molecule has 6 heteroatoms. The number of fused-ring (bicyclic) bond motifs is 1. The monoisotopic (exact) mass is 287 g/mol. The van der Waals surface area contributed by atoms with Crippen LogP contribution >= 0.6 is 11.6 Å². The van der Waals surface area contributed by atoms with E-state index in [4.69, 9.17) is 17.3 Å². The highest BCUT2D eigenvalue weighted by molar-refractivity contribution is 6.30. The second-order valence-corrected chi connectivity index (χ2v) is 4.75. The van der Waals surface area contributed by atoms with E-state index in [2.05, 4.69) is 0 Å². The fraction of sp³-hybridized carbons (Fsp3) is 0. The number of nitrogens with zero attached hydrogens (tertiary/aromatic N) is 2. The summed E-state index contributed by atoms with van der Waals surface area (Å²) in [5.41, 5.74) is 6.98. The highest BCUT2D eigenvalue weighted by Gasteiger charge is 2.25. The molecule has 1 aromatic heterocycles. The number of hydrogen-bond donors (Lipinski definition) is 1. The zero-order valence-electron chi connectivity index (χ0n) is 10.3. The summed E-state index contributed by atoms with van der Waals surface area (Å²) in [7, 11) is 0. The SMILES string of the molecule is Nc1c(-c2ccc(Cl)cc2)[n+]([O-])c2ccccc2[n+]1[O-]. The smallest absolute Gasteiger partial charge is 0.351 e. The van der Waals surface area contributed by atoms with Gasteiger partial charge in [0.15, 0.2) is 0 Å². The molecule has 0 amide bonds. The van der Waals surface area contributed by atoms with Crippen LogP contribution in [-0.2, 0) is 0 Å². The highest BCUT2D eigenvalue weighted by Crippen LogP contribution is 2.23. The summed E-state index contributed by atoms with van der Waals surface area (Å²) in [6, 6.07) is 13.1. The number of rotatable bonds is 1. The van der Waals surface area contributed by atoms with Gasteiger partial charge in [0.2, 0.25) is 5.52 Å². The van der Waals surface area contributed by atoms with Crippen LogP contribution < -0.4 is 15.2 Å². The Labute approximate surface area is 119 Å². The first-order valence-electron chi connectivity index (χ1n) is 5.89. The summed E-state index contributed by atoms with van der Waals surface area (Å²) in [5.74, 6) is -0.138. The van der Waals surface area contributed by atoms with Gasteiger partial charge in [-0.25, -0.2) is 4.73 Å². The van der Waals surface area contributed by atoms with Crippen LogP contribution in [-0.4, -0.2) is 0 Å². The Kier molecular flexibility index (Phi) is 2.84. The van der Waals surface area contributed by atoms with Crippen molar-refractivity contribution in [2.75, 3.05) is 5.73 Å². The minimum Gasteiger partial charge on any atom is -0.710 e. The second kappa shape index (κ2) is 4.54. The van der Waals surface area contributed by atoms with Crippen molar-refractivity contribution in [3.63, 3.8) is 0 Å². The molecule has 0 bridgehead atoms. The zero-order chi connectivity index (χ0) is 14.3. The molecule has 5 nitrogen and oxygen atoms in total. The first-order valence-corrected chi connectivity index (χ1v) is 6.26. The van der Waals surface area contributed by atoms with Gasteiger partial charge in [0.1, 0.15) is 0 Å². The first-order chi connectivity index (χ1) is 9.59. The van der Waals surface area contributed by atoms with Crippen molar-refractivity contribution in [2.45, 2.75) is 0 Å². The van der Waals surface area contributed by atoms with E-state index < -0.39 is 0 Å². The molecular weight excluding hydrogens is 278 g/mol. The van der Waals surface area contributed by atoms with Crippen molar-refractivity contribution in [3.05, 3.63) is 64.0 Å². The van der Waals surface area contributed by atoms with Crippen LogP contribution in [0.2, 0.25) is 5.02 Å². The standard InChI is InChI=1S/C14H10ClN3O2/c15-10-7-5-9(6-8-10)13-14(16)18(20)12-4-2-1-3-11(12)17(13)19/h1-8H,16H2. The lowest BCUT2D eigenvalue weighted by Gasteiger charge is -2.13. The zero-order valence-corrected chi connectivity index (χ0v) is 11.0. The molecule has 100 valence electrons. The van der Waals surface area contributed by atoms with Crippen LogP contribution in [0.5, 0.6) is 0 Å². The molecule has 0 atom stereocenters. The fourth-order valence-corrected chi connectivity index (χ4v) is 2.26. The Balaban J connectivity index is 2.39. The number of nitrogens with two attached hydrogens (primary N) is 1. The van der Waals surface area contributed by atoms with Crippen molar-refractivity contribution in [3.8, 4) is 11.3 Å². The third kappa shape index (κ3) is 1.80. The van der Waals surface area contributed by atoms with Gasteiger partial charge in [0.05, 0.1) is 5.56 Å². The van der Waals surface area contributed by atoms with Crippen LogP contribution in [0.25, 0.3) is 22.3 Å². The lowest BCUT2D eigenvalue weighted by molar-refractivity contribution is -0.609. The van der Waals surface area contributed by atoms with Gasteiger partial charge in [-0.05, 0) is 30.3 Å². The summed E-state index contributed by atoms with van der Waals surface area (Å²) >= 11 is 5.82. The summed E-state index contributed by atoms with van der Waals surface area (Å²) < 4.78 is 1.23. The van der Waals surface area contributed by atoms with Crippen LogP contribution in [0.3, 0.4) is 0 Å². The Morgan fingerprint density at radius 1 is 0.850 bits per heavy atom. The molecule has 0 saturated carbocycles. The first kappa shape index (κ1) is 12.5. The van der Waals surface area contributed by atoms with Gasteiger partial charge in [0.25, 0.3) is 5.52 Å². The molecule has 0 aliphatic heterocycles. The van der Waals surface area contributed by atoms with Crippen molar-refractivity contribution in [2.24, 2.45) is 0 Å². The third-order valence-electron chi connectivity index (χ3n) is 3.10. The Hall–Kier alpha value is -2.53. The van der Waals surface area contributed by atoms with Crippen molar-refractivity contribution < 1.29 is 9.46 Å². The number of aromatic nitrogens is 2. The average molecular weight is 288 g/mol. The van der Waals surface area contributed by atoms with E-state index in [9.17, 15) is 10.4 Å². The summed E-state index contributed by atoms with van der Waals surface area (Å²) in [5, 5.41) is 25.1. The normalized spacial score (nSPS) is 10.8. The molecule has 0 unspecified atom stereocenters. The van der Waals surface area contributed by atoms with E-state index in [1.807, 2.05) is 0 Å². The maximum Gasteiger partial charge on any atom is 0.351 e. The molecule has 0 fully saturated rings. The van der Waals surface area contributed by atoms with Crippen LogP contribution in [0.1, 0.15) is 0 Å². The van der Waals surface area contributed by atoms with Crippen molar-refractivity contribution >= 4 is 28.5 Å². The van der Waals surface area contributed by atoms with Gasteiger partial charge in [-0.1, -0.05) is 23.7 Å². The molecule has 1 heterocycles. The van der Waals surface area contributed by atoms with E-state index in [0.29, 0.717) is 20.0 Å². The van der Waals surface area contributed by atoms with E-state index >= 15 is 0 Å². The highest BCUT2D eigenvalue weighted by atomic mass is 35.5. The van der Waals surface area contributed by atoms with Crippen molar-refractivity contribution in [1.29, 1.82) is 0 Å². The Bertz CT molecular complexity index is 804. The van der Waals surface area contributed by atoms with Crippen LogP contribution in [0, 0.1) is 10.4 Å². The minimum atomic E-state index is -0.138. The van der Waals surface area contributed by atoms with E-state index in [1.54, 1.807) is 48.5 Å². The van der Waals surface area contributed by atoms with Gasteiger partial charge in [0, 0.05) is 11.1 Å². The Morgan fingerprint density at radius 2 is 1.40 bits per heavy atom. The molecule has 3 rings (SSSR count). The molecule has 0 aliphatic rings. The summed E-state index contributed by atoms with van der Waals surface area (Å²) in [6.45, 7) is 0. The lowest BCUT2D eigenvalue weighted by Crippen LogP contribution is -2.42. The predicted molar refractivity (Wildman–Crippen MR) is 76.7 cm³/mol. The number of nitrogen functional groups attached to an aromatic ring is 1. The van der Waals surface area contributed by atoms with Gasteiger partial charge in [-0.2, -0.15) is 4.73 Å². The number of benzene rings is 2. The number of anilines is 1. The molecule has 0 aliphatic carbocycles. The molecule has 2 aromatic carbocycles. The predicted octanol–water partition coefficient (Wildman–Crippen LogP) is 2.01. The Morgan fingerprint density at radius 3 is 2.00 bits per heavy atom. The lowest BCUT2D eigenvalue weighted by atomic mass is 10.1. The molecule has 0 spiro atoms. The topological polar surface area (TPSA) is 79.9 Å². The quantitative estimate of drug-likeness (QED) is 0.549. The molecular formula is C14H10ClN3O2. The molecule has 3 aromatic rings. The largest absolute Gasteiger partial charge is 0.710 e. The maximum absolute atomic E-state index is 12.4. The number of hydrogen-bond acceptors (Lipinski definition) is 3. The van der Waals surface area contributed by atoms with E-state index in [1.165, 1.54) is 0 Å². The van der Waals surface area contributed by atoms with Gasteiger partial charge in [-0.3, -0.25) is 5.73 Å². The van der Waals surface area contributed by atoms with E-state index in [-0.39, 0.29) is 22.5 Å². The third-order valence-corrected chi connectivity index (χ3v) is 3.35. The number of halogens is 1. The minimum absolute atomic E-state index is 0.121. The van der Waals surface area contributed by atoms with Crippen LogP contribution in [0.4, 0.5) is 5.82 Å². The molecule has 2 N–H and O–H groups in total. The van der Waals surface area contributed by atoms with Crippen molar-refractivity contribution in [1.82, 2.24) is 0 Å². The molecule has 0 radical (unpaired) electrons. The summed E-state index contributed by atoms with van der Waals surface area (Å²) in [6.07, 6.45) is 0. The number of para-hydroxylation sites is 2. The average Bonchev–Trinajstić information content (AvgIpc) is 2.47. The molecule has 0 saturated heterocycles. The second-order valence-electron chi connectivity index (χ2n) is 4.32. The van der Waals surface area contributed by atoms with Gasteiger partial charge >= 0.3 is 11.5 Å². The van der Waals surface area contributed by atoms with Crippen LogP contribution in [0.15, 0.2) is 48.5 Å². The molecule has 20 heavy (non-hydrogen) atoms. The fourth-order valence-electron chi connectivity index (χ4n) is 2.13. The maximum atomic E-state index is 12.4. The van der Waals surface area contributed by atoms with E-state index in [0.717, 1.165) is 0 Å². The van der Waals surface area contributed by atoms with Gasteiger partial charge in [-0.15, -0.1) is 0 Å². The van der Waals surface area contributed by atoms with Gasteiger partial charge < -0.3 is 10.4 Å². The summed E-state index contributed by atoms with van der Waals surface area (Å²) in [4.78, 5) is 0.